The maximum absolute atomic E-state index is 10.3. The Balaban J connectivity index is 1.78. The van der Waals surface area contributed by atoms with Gasteiger partial charge in [-0.05, 0) is 43.4 Å². The van der Waals surface area contributed by atoms with Crippen molar-refractivity contribution in [3.8, 4) is 5.75 Å². The van der Waals surface area contributed by atoms with Crippen LogP contribution in [0.25, 0.3) is 0 Å². The van der Waals surface area contributed by atoms with Gasteiger partial charge in [-0.2, -0.15) is 0 Å². The molecule has 2 heterocycles. The second-order valence-electron chi connectivity index (χ2n) is 5.40. The van der Waals surface area contributed by atoms with E-state index in [2.05, 4.69) is 24.4 Å². The molecule has 3 rings (SSSR count). The molecule has 1 aromatic carbocycles. The minimum Gasteiger partial charge on any atom is -0.503 e. The molecule has 1 aliphatic rings. The SMILES string of the molecule is CCc1cccc(Nc2coc(C3CCCCO3)c2O)c1. The summed E-state index contributed by atoms with van der Waals surface area (Å²) < 4.78 is 11.2. The number of benzene rings is 1. The number of ether oxygens (including phenoxy) is 1. The fraction of sp³-hybridized carbons (Fsp3) is 0.412. The van der Waals surface area contributed by atoms with E-state index in [0.29, 0.717) is 11.4 Å². The van der Waals surface area contributed by atoms with Crippen LogP contribution in [0, 0.1) is 0 Å². The van der Waals surface area contributed by atoms with Gasteiger partial charge in [-0.3, -0.25) is 0 Å². The average Bonchev–Trinajstić information content (AvgIpc) is 2.89. The number of hydrogen-bond donors (Lipinski definition) is 2. The van der Waals surface area contributed by atoms with Gasteiger partial charge in [0.05, 0.1) is 0 Å². The van der Waals surface area contributed by atoms with Crippen molar-refractivity contribution in [3.05, 3.63) is 41.9 Å². The number of hydrogen-bond acceptors (Lipinski definition) is 4. The number of rotatable bonds is 4. The summed E-state index contributed by atoms with van der Waals surface area (Å²) in [6.07, 6.45) is 5.48. The van der Waals surface area contributed by atoms with E-state index in [1.54, 1.807) is 6.26 Å². The Kier molecular flexibility index (Phi) is 4.15. The monoisotopic (exact) mass is 287 g/mol. The van der Waals surface area contributed by atoms with E-state index >= 15 is 0 Å². The first-order valence-corrected chi connectivity index (χ1v) is 7.56. The summed E-state index contributed by atoms with van der Waals surface area (Å²) in [7, 11) is 0. The van der Waals surface area contributed by atoms with E-state index < -0.39 is 0 Å². The van der Waals surface area contributed by atoms with Crippen LogP contribution in [-0.4, -0.2) is 11.7 Å². The second-order valence-corrected chi connectivity index (χ2v) is 5.40. The smallest absolute Gasteiger partial charge is 0.184 e. The summed E-state index contributed by atoms with van der Waals surface area (Å²) >= 11 is 0. The maximum Gasteiger partial charge on any atom is 0.184 e. The zero-order chi connectivity index (χ0) is 14.7. The van der Waals surface area contributed by atoms with E-state index in [0.717, 1.165) is 38.0 Å². The minimum atomic E-state index is -0.128. The van der Waals surface area contributed by atoms with Gasteiger partial charge in [0.1, 0.15) is 18.1 Å². The molecular formula is C17H21NO3. The largest absolute Gasteiger partial charge is 0.503 e. The molecular weight excluding hydrogens is 266 g/mol. The molecule has 1 aromatic heterocycles. The van der Waals surface area contributed by atoms with Crippen molar-refractivity contribution < 1.29 is 14.3 Å². The van der Waals surface area contributed by atoms with Gasteiger partial charge in [0.2, 0.25) is 0 Å². The van der Waals surface area contributed by atoms with Crippen LogP contribution in [0.5, 0.6) is 5.75 Å². The summed E-state index contributed by atoms with van der Waals surface area (Å²) in [5.74, 6) is 0.688. The van der Waals surface area contributed by atoms with Crippen LogP contribution >= 0.6 is 0 Å². The molecule has 112 valence electrons. The quantitative estimate of drug-likeness (QED) is 0.867. The molecule has 4 nitrogen and oxygen atoms in total. The fourth-order valence-electron chi connectivity index (χ4n) is 2.66. The van der Waals surface area contributed by atoms with Gasteiger partial charge in [-0.25, -0.2) is 0 Å². The van der Waals surface area contributed by atoms with E-state index in [4.69, 9.17) is 9.15 Å². The van der Waals surface area contributed by atoms with Crippen molar-refractivity contribution in [1.29, 1.82) is 0 Å². The van der Waals surface area contributed by atoms with Gasteiger partial charge < -0.3 is 19.6 Å². The summed E-state index contributed by atoms with van der Waals surface area (Å²) in [6.45, 7) is 2.85. The number of aryl methyl sites for hydroxylation is 1. The third-order valence-electron chi connectivity index (χ3n) is 3.88. The van der Waals surface area contributed by atoms with Crippen molar-refractivity contribution >= 4 is 11.4 Å². The molecule has 0 spiro atoms. The predicted molar refractivity (Wildman–Crippen MR) is 82.0 cm³/mol. The molecule has 1 atom stereocenters. The average molecular weight is 287 g/mol. The number of furan rings is 1. The Morgan fingerprint density at radius 1 is 1.33 bits per heavy atom. The first-order valence-electron chi connectivity index (χ1n) is 7.56. The summed E-state index contributed by atoms with van der Waals surface area (Å²) in [6, 6.07) is 8.14. The van der Waals surface area contributed by atoms with Crippen LogP contribution < -0.4 is 5.32 Å². The highest BCUT2D eigenvalue weighted by atomic mass is 16.5. The molecule has 0 saturated carbocycles. The molecule has 2 N–H and O–H groups in total. The van der Waals surface area contributed by atoms with Crippen molar-refractivity contribution in [2.24, 2.45) is 0 Å². The topological polar surface area (TPSA) is 54.6 Å². The Bertz CT molecular complexity index is 600. The number of nitrogens with one attached hydrogen (secondary N) is 1. The maximum atomic E-state index is 10.3. The number of anilines is 2. The Morgan fingerprint density at radius 3 is 3.00 bits per heavy atom. The molecule has 4 heteroatoms. The second kappa shape index (κ2) is 6.22. The van der Waals surface area contributed by atoms with Crippen molar-refractivity contribution in [1.82, 2.24) is 0 Å². The molecule has 21 heavy (non-hydrogen) atoms. The molecule has 0 amide bonds. The molecule has 2 aromatic rings. The molecule has 1 unspecified atom stereocenters. The summed E-state index contributed by atoms with van der Waals surface area (Å²) in [4.78, 5) is 0. The van der Waals surface area contributed by atoms with Gasteiger partial charge in [0.25, 0.3) is 0 Å². The highest BCUT2D eigenvalue weighted by molar-refractivity contribution is 5.66. The lowest BCUT2D eigenvalue weighted by atomic mass is 10.1. The third-order valence-corrected chi connectivity index (χ3v) is 3.88. The number of aromatic hydroxyl groups is 1. The zero-order valence-electron chi connectivity index (χ0n) is 12.3. The molecule has 0 bridgehead atoms. The van der Waals surface area contributed by atoms with Crippen molar-refractivity contribution in [2.45, 2.75) is 38.7 Å². The van der Waals surface area contributed by atoms with Crippen molar-refractivity contribution in [3.63, 3.8) is 0 Å². The van der Waals surface area contributed by atoms with Crippen LogP contribution in [0.2, 0.25) is 0 Å². The van der Waals surface area contributed by atoms with Gasteiger partial charge in [-0.1, -0.05) is 19.1 Å². The van der Waals surface area contributed by atoms with Crippen LogP contribution in [0.3, 0.4) is 0 Å². The van der Waals surface area contributed by atoms with Crippen LogP contribution in [-0.2, 0) is 11.2 Å². The van der Waals surface area contributed by atoms with E-state index in [-0.39, 0.29) is 11.9 Å². The molecule has 0 radical (unpaired) electrons. The molecule has 1 aliphatic heterocycles. The zero-order valence-corrected chi connectivity index (χ0v) is 12.3. The van der Waals surface area contributed by atoms with Gasteiger partial charge >= 0.3 is 0 Å². The Hall–Kier alpha value is -1.94. The minimum absolute atomic E-state index is 0.128. The first-order chi connectivity index (χ1) is 10.3. The van der Waals surface area contributed by atoms with Gasteiger partial charge in [0.15, 0.2) is 11.5 Å². The van der Waals surface area contributed by atoms with Crippen LogP contribution in [0.15, 0.2) is 34.9 Å². The van der Waals surface area contributed by atoms with Gasteiger partial charge in [0, 0.05) is 12.3 Å². The lowest BCUT2D eigenvalue weighted by Crippen LogP contribution is -2.10. The highest BCUT2D eigenvalue weighted by Crippen LogP contribution is 2.40. The summed E-state index contributed by atoms with van der Waals surface area (Å²) in [5, 5.41) is 13.5. The highest BCUT2D eigenvalue weighted by Gasteiger charge is 2.25. The lowest BCUT2D eigenvalue weighted by molar-refractivity contribution is 0.000248. The first kappa shape index (κ1) is 14.0. The van der Waals surface area contributed by atoms with Crippen molar-refractivity contribution in [2.75, 3.05) is 11.9 Å². The Morgan fingerprint density at radius 2 is 2.24 bits per heavy atom. The summed E-state index contributed by atoms with van der Waals surface area (Å²) in [5.41, 5.74) is 2.79. The predicted octanol–water partition coefficient (Wildman–Crippen LogP) is 4.53. The van der Waals surface area contributed by atoms with Crippen LogP contribution in [0.4, 0.5) is 11.4 Å². The normalized spacial score (nSPS) is 18.6. The fourth-order valence-corrected chi connectivity index (χ4v) is 2.66. The van der Waals surface area contributed by atoms with E-state index in [9.17, 15) is 5.11 Å². The standard InChI is InChI=1S/C17H21NO3/c1-2-12-6-5-7-13(10-12)18-14-11-21-17(16(14)19)15-8-3-4-9-20-15/h5-7,10-11,15,18-19H,2-4,8-9H2,1H3. The molecule has 1 saturated heterocycles. The van der Waals surface area contributed by atoms with E-state index in [1.807, 2.05) is 12.1 Å². The van der Waals surface area contributed by atoms with Gasteiger partial charge in [-0.15, -0.1) is 0 Å². The molecule has 0 aliphatic carbocycles. The lowest BCUT2D eigenvalue weighted by Gasteiger charge is -2.20. The Labute approximate surface area is 124 Å². The van der Waals surface area contributed by atoms with E-state index in [1.165, 1.54) is 5.56 Å². The van der Waals surface area contributed by atoms with Crippen LogP contribution in [0.1, 0.15) is 43.6 Å². The third kappa shape index (κ3) is 3.05. The molecule has 1 fully saturated rings.